The summed E-state index contributed by atoms with van der Waals surface area (Å²) in [7, 11) is 3.94. The number of hydrogen-bond acceptors (Lipinski definition) is 8. The van der Waals surface area contributed by atoms with E-state index in [4.69, 9.17) is 0 Å². The van der Waals surface area contributed by atoms with E-state index in [0.29, 0.717) is 11.4 Å². The van der Waals surface area contributed by atoms with Gasteiger partial charge in [0.05, 0.1) is 19.3 Å². The van der Waals surface area contributed by atoms with E-state index in [9.17, 15) is 18.7 Å². The normalized spacial score (nSPS) is 14.1. The van der Waals surface area contributed by atoms with Crippen molar-refractivity contribution in [2.45, 2.75) is 30.1 Å². The summed E-state index contributed by atoms with van der Waals surface area (Å²) in [6, 6.07) is 8.00. The van der Waals surface area contributed by atoms with E-state index in [-0.39, 0.29) is 17.8 Å². The Balaban J connectivity index is 1.77. The number of methoxy groups -OCH3 is 1. The minimum atomic E-state index is -1.77. The van der Waals surface area contributed by atoms with Crippen LogP contribution in [-0.4, -0.2) is 43.2 Å². The molecule has 3 aromatic rings. The molecule has 1 aromatic carbocycles. The largest absolute Gasteiger partial charge is 0.464 e. The zero-order valence-corrected chi connectivity index (χ0v) is 18.4. The smallest absolute Gasteiger partial charge is 0.356 e. The van der Waals surface area contributed by atoms with Crippen molar-refractivity contribution in [2.24, 2.45) is 0 Å². The predicted octanol–water partition coefficient (Wildman–Crippen LogP) is 3.60. The number of halogens is 2. The molecule has 31 heavy (non-hydrogen) atoms. The first-order valence-electron chi connectivity index (χ1n) is 9.16. The van der Waals surface area contributed by atoms with Crippen molar-refractivity contribution in [3.05, 3.63) is 77.6 Å². The van der Waals surface area contributed by atoms with Gasteiger partial charge >= 0.3 is 5.97 Å². The van der Waals surface area contributed by atoms with Gasteiger partial charge in [0.15, 0.2) is 0 Å². The van der Waals surface area contributed by atoms with E-state index in [1.165, 1.54) is 46.0 Å². The molecule has 0 saturated carbocycles. The van der Waals surface area contributed by atoms with Gasteiger partial charge in [-0.3, -0.25) is 0 Å². The monoisotopic (exact) mass is 466 g/mol. The third kappa shape index (κ3) is 5.60. The Kier molecular flexibility index (Phi) is 7.63. The molecule has 164 valence electrons. The van der Waals surface area contributed by atoms with Crippen LogP contribution in [0.3, 0.4) is 0 Å². The number of nitrogens with zero attached hydrogens (tertiary/aromatic N) is 4. The molecule has 2 heterocycles. The van der Waals surface area contributed by atoms with Gasteiger partial charge in [-0.2, -0.15) is 5.10 Å². The SMILES string of the molecule is COC(=O)c1cccc(CSS[C@H](C)[C@](O)(Cn2cncn2)c2cc(F)ccc2F)n1. The molecule has 0 unspecified atom stereocenters. The topological polar surface area (TPSA) is 90.1 Å². The molecular formula is C20H20F2N4O3S2. The Morgan fingerprint density at radius 2 is 2.13 bits per heavy atom. The summed E-state index contributed by atoms with van der Waals surface area (Å²) in [5, 5.41) is 14.9. The van der Waals surface area contributed by atoms with Crippen molar-refractivity contribution in [1.29, 1.82) is 0 Å². The Hall–Kier alpha value is -2.50. The lowest BCUT2D eigenvalue weighted by Gasteiger charge is -2.34. The summed E-state index contributed by atoms with van der Waals surface area (Å²) in [4.78, 5) is 19.7. The van der Waals surface area contributed by atoms with Gasteiger partial charge in [-0.15, -0.1) is 0 Å². The number of ether oxygens (including phenoxy) is 1. The van der Waals surface area contributed by atoms with Gasteiger partial charge < -0.3 is 9.84 Å². The summed E-state index contributed by atoms with van der Waals surface area (Å²) < 4.78 is 34.4. The molecule has 2 atom stereocenters. The average Bonchev–Trinajstić information content (AvgIpc) is 3.27. The van der Waals surface area contributed by atoms with Gasteiger partial charge in [0.25, 0.3) is 0 Å². The van der Waals surface area contributed by atoms with E-state index in [1.54, 1.807) is 25.1 Å². The highest BCUT2D eigenvalue weighted by molar-refractivity contribution is 8.76. The van der Waals surface area contributed by atoms with Crippen molar-refractivity contribution in [3.63, 3.8) is 0 Å². The highest BCUT2D eigenvalue weighted by Gasteiger charge is 2.40. The molecule has 0 aliphatic rings. The molecule has 0 aliphatic carbocycles. The fourth-order valence-corrected chi connectivity index (χ4v) is 5.45. The minimum Gasteiger partial charge on any atom is -0.464 e. The lowest BCUT2D eigenvalue weighted by atomic mass is 9.90. The van der Waals surface area contributed by atoms with Crippen LogP contribution < -0.4 is 0 Å². The quantitative estimate of drug-likeness (QED) is 0.378. The maximum atomic E-state index is 14.6. The fourth-order valence-electron chi connectivity index (χ4n) is 2.88. The number of aliphatic hydroxyl groups is 1. The van der Waals surface area contributed by atoms with Gasteiger partial charge in [-0.25, -0.2) is 28.2 Å². The van der Waals surface area contributed by atoms with Crippen molar-refractivity contribution < 1.29 is 23.4 Å². The highest BCUT2D eigenvalue weighted by atomic mass is 33.1. The molecule has 0 spiro atoms. The van der Waals surface area contributed by atoms with Crippen LogP contribution in [0.5, 0.6) is 0 Å². The molecular weight excluding hydrogens is 446 g/mol. The van der Waals surface area contributed by atoms with Gasteiger partial charge in [0.2, 0.25) is 0 Å². The third-order valence-electron chi connectivity index (χ3n) is 4.56. The van der Waals surface area contributed by atoms with Crippen LogP contribution in [0.1, 0.15) is 28.7 Å². The van der Waals surface area contributed by atoms with Crippen LogP contribution in [0.15, 0.2) is 49.1 Å². The number of aromatic nitrogens is 4. The van der Waals surface area contributed by atoms with Crippen molar-refractivity contribution in [2.75, 3.05) is 7.11 Å². The first kappa shape index (κ1) is 23.2. The summed E-state index contributed by atoms with van der Waals surface area (Å²) in [5.41, 5.74) is -1.08. The molecule has 2 aromatic heterocycles. The number of benzene rings is 1. The molecule has 0 aliphatic heterocycles. The standard InChI is InChI=1S/C20H20F2N4O3S2/c1-13(31-30-9-15-4-3-5-18(25-15)19(27)29-2)20(28,10-26-12-23-11-24-26)16-8-14(21)6-7-17(16)22/h3-8,11-13,28H,9-10H2,1-2H3/t13-,20-/m1/s1. The van der Waals surface area contributed by atoms with E-state index in [0.717, 1.165) is 18.2 Å². The number of carbonyl (C=O) groups is 1. The molecule has 0 amide bonds. The number of carbonyl (C=O) groups excluding carboxylic acids is 1. The first-order chi connectivity index (χ1) is 14.8. The van der Waals surface area contributed by atoms with Gasteiger partial charge in [-0.05, 0) is 37.3 Å². The molecule has 7 nitrogen and oxygen atoms in total. The van der Waals surface area contributed by atoms with Gasteiger partial charge in [0.1, 0.15) is 35.6 Å². The number of esters is 1. The number of rotatable bonds is 9. The summed E-state index contributed by atoms with van der Waals surface area (Å²) in [6.45, 7) is 1.61. The minimum absolute atomic E-state index is 0.113. The van der Waals surface area contributed by atoms with Crippen molar-refractivity contribution >= 4 is 27.6 Å². The zero-order valence-electron chi connectivity index (χ0n) is 16.7. The number of pyridine rings is 1. The Morgan fingerprint density at radius 3 is 2.84 bits per heavy atom. The van der Waals surface area contributed by atoms with E-state index in [2.05, 4.69) is 19.8 Å². The molecule has 11 heteroatoms. The lowest BCUT2D eigenvalue weighted by molar-refractivity contribution is 0.0134. The van der Waals surface area contributed by atoms with E-state index < -0.39 is 28.5 Å². The van der Waals surface area contributed by atoms with Crippen LogP contribution in [0.4, 0.5) is 8.78 Å². The van der Waals surface area contributed by atoms with Crippen LogP contribution in [0, 0.1) is 11.6 Å². The molecule has 0 radical (unpaired) electrons. The summed E-state index contributed by atoms with van der Waals surface area (Å²) in [6.07, 6.45) is 2.70. The maximum Gasteiger partial charge on any atom is 0.356 e. The molecule has 0 fully saturated rings. The Labute approximate surface area is 185 Å². The van der Waals surface area contributed by atoms with Gasteiger partial charge in [-0.1, -0.05) is 27.7 Å². The predicted molar refractivity (Wildman–Crippen MR) is 114 cm³/mol. The van der Waals surface area contributed by atoms with Crippen molar-refractivity contribution in [3.8, 4) is 0 Å². The van der Waals surface area contributed by atoms with Crippen LogP contribution in [0.25, 0.3) is 0 Å². The second-order valence-corrected chi connectivity index (χ2v) is 9.36. The second-order valence-electron chi connectivity index (χ2n) is 6.65. The fraction of sp³-hybridized carbons (Fsp3) is 0.300. The summed E-state index contributed by atoms with van der Waals surface area (Å²) >= 11 is 0. The third-order valence-corrected chi connectivity index (χ3v) is 7.41. The van der Waals surface area contributed by atoms with Crippen LogP contribution in [-0.2, 0) is 22.6 Å². The Morgan fingerprint density at radius 1 is 1.32 bits per heavy atom. The van der Waals surface area contributed by atoms with Crippen molar-refractivity contribution in [1.82, 2.24) is 19.7 Å². The zero-order chi connectivity index (χ0) is 22.4. The van der Waals surface area contributed by atoms with Crippen LogP contribution >= 0.6 is 21.6 Å². The lowest BCUT2D eigenvalue weighted by Crippen LogP contribution is -2.41. The average molecular weight is 467 g/mol. The molecule has 0 bridgehead atoms. The number of hydrogen-bond donors (Lipinski definition) is 1. The second kappa shape index (κ2) is 10.2. The molecule has 3 rings (SSSR count). The first-order valence-corrected chi connectivity index (χ1v) is 11.5. The molecule has 1 N–H and O–H groups in total. The van der Waals surface area contributed by atoms with Crippen LogP contribution in [0.2, 0.25) is 0 Å². The highest BCUT2D eigenvalue weighted by Crippen LogP contribution is 2.41. The molecule has 0 saturated heterocycles. The Bertz CT molecular complexity index is 1040. The maximum absolute atomic E-state index is 14.6. The van der Waals surface area contributed by atoms with Gasteiger partial charge in [0, 0.05) is 16.6 Å². The van der Waals surface area contributed by atoms with E-state index in [1.807, 2.05) is 0 Å². The van der Waals surface area contributed by atoms with E-state index >= 15 is 0 Å². The summed E-state index contributed by atoms with van der Waals surface area (Å²) in [5.74, 6) is -1.47.